The van der Waals surface area contributed by atoms with Crippen molar-refractivity contribution in [1.82, 2.24) is 4.90 Å². The number of ether oxygens (including phenoxy) is 3. The number of hydrogen-bond donors (Lipinski definition) is 0. The van der Waals surface area contributed by atoms with E-state index in [2.05, 4.69) is 4.74 Å². The first-order valence-electron chi connectivity index (χ1n) is 8.41. The first-order chi connectivity index (χ1) is 13.3. The SMILES string of the molecule is COc1ccc(C(C)N(C)Cc2cc(OC)c(OC(F)F)cc2[N+](=O)[O-])cc1. The molecule has 2 aromatic carbocycles. The molecule has 0 aliphatic rings. The van der Waals surface area contributed by atoms with Crippen molar-refractivity contribution in [2.24, 2.45) is 0 Å². The number of hydrogen-bond acceptors (Lipinski definition) is 6. The number of benzene rings is 2. The Hall–Kier alpha value is -2.94. The zero-order chi connectivity index (χ0) is 20.8. The molecule has 0 aliphatic carbocycles. The van der Waals surface area contributed by atoms with Gasteiger partial charge in [-0.2, -0.15) is 8.78 Å². The van der Waals surface area contributed by atoms with Gasteiger partial charge < -0.3 is 14.2 Å². The van der Waals surface area contributed by atoms with E-state index in [0.29, 0.717) is 5.56 Å². The summed E-state index contributed by atoms with van der Waals surface area (Å²) in [5.41, 5.74) is 1.01. The molecule has 2 aromatic rings. The molecule has 1 unspecified atom stereocenters. The fraction of sp³-hybridized carbons (Fsp3) is 0.368. The maximum atomic E-state index is 12.6. The molecule has 0 saturated heterocycles. The largest absolute Gasteiger partial charge is 0.497 e. The molecule has 0 amide bonds. The third-order valence-corrected chi connectivity index (χ3v) is 4.46. The van der Waals surface area contributed by atoms with Gasteiger partial charge in [0, 0.05) is 18.2 Å². The Balaban J connectivity index is 2.30. The van der Waals surface area contributed by atoms with Crippen molar-refractivity contribution in [3.63, 3.8) is 0 Å². The van der Waals surface area contributed by atoms with Crippen LogP contribution in [0.2, 0.25) is 0 Å². The minimum absolute atomic E-state index is 0.00593. The van der Waals surface area contributed by atoms with Gasteiger partial charge in [0.1, 0.15) is 5.75 Å². The van der Waals surface area contributed by atoms with E-state index in [0.717, 1.165) is 17.4 Å². The van der Waals surface area contributed by atoms with Crippen LogP contribution in [0.1, 0.15) is 24.1 Å². The van der Waals surface area contributed by atoms with E-state index < -0.39 is 11.5 Å². The van der Waals surface area contributed by atoms with Gasteiger partial charge in [0.2, 0.25) is 0 Å². The smallest absolute Gasteiger partial charge is 0.387 e. The van der Waals surface area contributed by atoms with Crippen molar-refractivity contribution < 1.29 is 27.9 Å². The predicted octanol–water partition coefficient (Wildman–Crippen LogP) is 4.41. The fourth-order valence-electron chi connectivity index (χ4n) is 2.78. The van der Waals surface area contributed by atoms with Crippen molar-refractivity contribution in [2.45, 2.75) is 26.1 Å². The monoisotopic (exact) mass is 396 g/mol. The van der Waals surface area contributed by atoms with Gasteiger partial charge in [0.25, 0.3) is 5.69 Å². The van der Waals surface area contributed by atoms with E-state index in [1.54, 1.807) is 7.11 Å². The van der Waals surface area contributed by atoms with E-state index in [-0.39, 0.29) is 29.8 Å². The summed E-state index contributed by atoms with van der Waals surface area (Å²) < 4.78 is 39.7. The summed E-state index contributed by atoms with van der Waals surface area (Å²) in [6.07, 6.45) is 0. The van der Waals surface area contributed by atoms with E-state index >= 15 is 0 Å². The lowest BCUT2D eigenvalue weighted by molar-refractivity contribution is -0.385. The van der Waals surface area contributed by atoms with Crippen LogP contribution < -0.4 is 14.2 Å². The number of halogens is 2. The van der Waals surface area contributed by atoms with Gasteiger partial charge in [-0.1, -0.05) is 12.1 Å². The Labute approximate surface area is 161 Å². The van der Waals surface area contributed by atoms with Crippen LogP contribution >= 0.6 is 0 Å². The lowest BCUT2D eigenvalue weighted by Crippen LogP contribution is -2.22. The van der Waals surface area contributed by atoms with Gasteiger partial charge in [-0.25, -0.2) is 0 Å². The van der Waals surface area contributed by atoms with Crippen molar-refractivity contribution in [3.05, 3.63) is 57.6 Å². The van der Waals surface area contributed by atoms with Gasteiger partial charge in [0.05, 0.1) is 25.2 Å². The summed E-state index contributed by atoms with van der Waals surface area (Å²) in [5, 5.41) is 11.4. The second kappa shape index (κ2) is 9.32. The van der Waals surface area contributed by atoms with E-state index in [1.807, 2.05) is 43.1 Å². The number of nitrogens with zero attached hydrogens (tertiary/aromatic N) is 2. The molecule has 2 rings (SSSR count). The third-order valence-electron chi connectivity index (χ3n) is 4.46. The summed E-state index contributed by atoms with van der Waals surface area (Å²) in [5.74, 6) is 0.360. The Morgan fingerprint density at radius 2 is 1.75 bits per heavy atom. The predicted molar refractivity (Wildman–Crippen MR) is 99.2 cm³/mol. The highest BCUT2D eigenvalue weighted by molar-refractivity contribution is 5.54. The van der Waals surface area contributed by atoms with E-state index in [1.165, 1.54) is 13.2 Å². The Bertz CT molecular complexity index is 815. The molecular formula is C19H22F2N2O5. The molecule has 0 saturated carbocycles. The third kappa shape index (κ3) is 5.07. The quantitative estimate of drug-likeness (QED) is 0.462. The van der Waals surface area contributed by atoms with Gasteiger partial charge >= 0.3 is 6.61 Å². The average Bonchev–Trinajstić information content (AvgIpc) is 2.67. The van der Waals surface area contributed by atoms with Gasteiger partial charge in [-0.05, 0) is 37.7 Å². The van der Waals surface area contributed by atoms with Crippen molar-refractivity contribution in [1.29, 1.82) is 0 Å². The topological polar surface area (TPSA) is 74.1 Å². The molecule has 0 aromatic heterocycles. The minimum Gasteiger partial charge on any atom is -0.497 e. The fourth-order valence-corrected chi connectivity index (χ4v) is 2.78. The van der Waals surface area contributed by atoms with E-state index in [4.69, 9.17) is 9.47 Å². The van der Waals surface area contributed by atoms with Crippen LogP contribution in [-0.4, -0.2) is 37.7 Å². The maximum Gasteiger partial charge on any atom is 0.387 e. The average molecular weight is 396 g/mol. The Morgan fingerprint density at radius 3 is 2.25 bits per heavy atom. The normalized spacial score (nSPS) is 12.1. The first kappa shape index (κ1) is 21.4. The molecular weight excluding hydrogens is 374 g/mol. The summed E-state index contributed by atoms with van der Waals surface area (Å²) in [6, 6.07) is 9.75. The van der Waals surface area contributed by atoms with Gasteiger partial charge in [-0.15, -0.1) is 0 Å². The highest BCUT2D eigenvalue weighted by Gasteiger charge is 2.24. The second-order valence-corrected chi connectivity index (χ2v) is 6.13. The van der Waals surface area contributed by atoms with E-state index in [9.17, 15) is 18.9 Å². The maximum absolute atomic E-state index is 12.6. The van der Waals surface area contributed by atoms with Crippen LogP contribution in [0, 0.1) is 10.1 Å². The van der Waals surface area contributed by atoms with Crippen molar-refractivity contribution >= 4 is 5.69 Å². The minimum atomic E-state index is -3.11. The number of alkyl halides is 2. The molecule has 0 N–H and O–H groups in total. The standard InChI is InChI=1S/C19H22F2N2O5/c1-12(13-5-7-15(26-3)8-6-13)22(2)11-14-9-17(27-4)18(28-19(20)21)10-16(14)23(24)25/h5-10,12,19H,11H2,1-4H3. The van der Waals surface area contributed by atoms with Crippen LogP contribution in [0.4, 0.5) is 14.5 Å². The molecule has 0 aliphatic heterocycles. The molecule has 152 valence electrons. The highest BCUT2D eigenvalue weighted by Crippen LogP contribution is 2.37. The number of methoxy groups -OCH3 is 2. The molecule has 1 atom stereocenters. The van der Waals surface area contributed by atoms with Crippen molar-refractivity contribution in [3.8, 4) is 17.2 Å². The van der Waals surface area contributed by atoms with Crippen LogP contribution in [0.5, 0.6) is 17.2 Å². The summed E-state index contributed by atoms with van der Waals surface area (Å²) in [4.78, 5) is 12.7. The van der Waals surface area contributed by atoms with Crippen LogP contribution in [0.25, 0.3) is 0 Å². The second-order valence-electron chi connectivity index (χ2n) is 6.13. The Morgan fingerprint density at radius 1 is 1.11 bits per heavy atom. The molecule has 0 radical (unpaired) electrons. The molecule has 0 bridgehead atoms. The summed E-state index contributed by atoms with van der Waals surface area (Å²) in [7, 11) is 4.68. The van der Waals surface area contributed by atoms with Crippen LogP contribution in [0.3, 0.4) is 0 Å². The molecule has 0 fully saturated rings. The first-order valence-corrected chi connectivity index (χ1v) is 8.41. The molecule has 0 heterocycles. The van der Waals surface area contributed by atoms with Crippen LogP contribution in [-0.2, 0) is 6.54 Å². The highest BCUT2D eigenvalue weighted by atomic mass is 19.3. The number of nitro benzene ring substituents is 1. The molecule has 9 heteroatoms. The summed E-state index contributed by atoms with van der Waals surface area (Å²) >= 11 is 0. The molecule has 28 heavy (non-hydrogen) atoms. The zero-order valence-corrected chi connectivity index (χ0v) is 16.0. The van der Waals surface area contributed by atoms with Crippen molar-refractivity contribution in [2.75, 3.05) is 21.3 Å². The molecule has 7 nitrogen and oxygen atoms in total. The van der Waals surface area contributed by atoms with Crippen LogP contribution in [0.15, 0.2) is 36.4 Å². The lowest BCUT2D eigenvalue weighted by Gasteiger charge is -2.25. The number of rotatable bonds is 9. The lowest BCUT2D eigenvalue weighted by atomic mass is 10.1. The Kier molecular flexibility index (Phi) is 7.11. The van der Waals surface area contributed by atoms with Gasteiger partial charge in [0.15, 0.2) is 11.5 Å². The molecule has 0 spiro atoms. The van der Waals surface area contributed by atoms with Gasteiger partial charge in [-0.3, -0.25) is 15.0 Å². The zero-order valence-electron chi connectivity index (χ0n) is 16.0. The number of nitro groups is 1. The summed E-state index contributed by atoms with van der Waals surface area (Å²) in [6.45, 7) is -0.953.